The Kier molecular flexibility index (Phi) is 6.06. The zero-order valence-electron chi connectivity index (χ0n) is 10.5. The average Bonchev–Trinajstić information content (AvgIpc) is 2.27. The molecule has 0 spiro atoms. The molecule has 0 heterocycles. The molecule has 1 fully saturated rings. The van der Waals surface area contributed by atoms with Crippen molar-refractivity contribution in [2.45, 2.75) is 51.9 Å². The maximum atomic E-state index is 4.59. The van der Waals surface area contributed by atoms with Gasteiger partial charge in [0.25, 0.3) is 0 Å². The molecular weight excluding hydrogens is 202 g/mol. The van der Waals surface area contributed by atoms with Crippen molar-refractivity contribution in [3.8, 4) is 0 Å². The first-order valence-electron chi connectivity index (χ1n) is 6.52. The summed E-state index contributed by atoms with van der Waals surface area (Å²) in [6.45, 7) is 4.78. The molecule has 0 aromatic rings. The van der Waals surface area contributed by atoms with Gasteiger partial charge in [-0.25, -0.2) is 0 Å². The third-order valence-electron chi connectivity index (χ3n) is 3.75. The average molecular weight is 229 g/mol. The summed E-state index contributed by atoms with van der Waals surface area (Å²) in [5.74, 6) is 1.07. The molecule has 0 atom stereocenters. The molecule has 2 heteroatoms. The normalized spacial score (nSPS) is 20.8. The van der Waals surface area contributed by atoms with Gasteiger partial charge in [-0.15, -0.1) is 0 Å². The van der Waals surface area contributed by atoms with Crippen LogP contribution in [0.3, 0.4) is 0 Å². The number of rotatable bonds is 6. The van der Waals surface area contributed by atoms with Gasteiger partial charge >= 0.3 is 0 Å². The molecule has 1 aliphatic rings. The van der Waals surface area contributed by atoms with Crippen LogP contribution in [0.2, 0.25) is 0 Å². The minimum absolute atomic E-state index is 0.532. The van der Waals surface area contributed by atoms with Crippen molar-refractivity contribution in [1.29, 1.82) is 0 Å². The molecule has 0 aromatic carbocycles. The Morgan fingerprint density at radius 2 is 1.87 bits per heavy atom. The second kappa shape index (κ2) is 6.80. The molecule has 15 heavy (non-hydrogen) atoms. The molecule has 1 nitrogen and oxygen atoms in total. The zero-order chi connectivity index (χ0) is 11.1. The fourth-order valence-electron chi connectivity index (χ4n) is 2.75. The minimum Gasteiger partial charge on any atom is -0.306 e. The maximum absolute atomic E-state index is 4.59. The van der Waals surface area contributed by atoms with Gasteiger partial charge in [0.05, 0.1) is 0 Å². The fraction of sp³-hybridized carbons (Fsp3) is 1.00. The van der Waals surface area contributed by atoms with Gasteiger partial charge in [-0.2, -0.15) is 12.6 Å². The summed E-state index contributed by atoms with van der Waals surface area (Å²) in [5.41, 5.74) is 0.532. The van der Waals surface area contributed by atoms with Crippen molar-refractivity contribution in [3.05, 3.63) is 0 Å². The van der Waals surface area contributed by atoms with Gasteiger partial charge in [-0.05, 0) is 44.0 Å². The molecule has 1 aliphatic carbocycles. The van der Waals surface area contributed by atoms with Gasteiger partial charge in [0.2, 0.25) is 0 Å². The number of hydrogen-bond acceptors (Lipinski definition) is 2. The molecule has 0 bridgehead atoms. The zero-order valence-corrected chi connectivity index (χ0v) is 11.4. The molecular formula is C13H27NS. The van der Waals surface area contributed by atoms with Crippen LogP contribution in [0, 0.1) is 5.41 Å². The summed E-state index contributed by atoms with van der Waals surface area (Å²) >= 11 is 4.59. The van der Waals surface area contributed by atoms with Gasteiger partial charge in [0.1, 0.15) is 0 Å². The summed E-state index contributed by atoms with van der Waals surface area (Å²) < 4.78 is 0. The molecule has 0 aromatic heterocycles. The third kappa shape index (κ3) is 4.36. The highest BCUT2D eigenvalue weighted by molar-refractivity contribution is 7.80. The van der Waals surface area contributed by atoms with E-state index in [1.807, 2.05) is 0 Å². The number of nitrogens with zero attached hydrogens (tertiary/aromatic N) is 1. The van der Waals surface area contributed by atoms with Crippen LogP contribution in [0.4, 0.5) is 0 Å². The Bertz CT molecular complexity index is 164. The monoisotopic (exact) mass is 229 g/mol. The Labute approximate surface area is 101 Å². The molecule has 90 valence electrons. The summed E-state index contributed by atoms with van der Waals surface area (Å²) in [4.78, 5) is 2.52. The van der Waals surface area contributed by atoms with Crippen molar-refractivity contribution in [1.82, 2.24) is 4.90 Å². The van der Waals surface area contributed by atoms with Gasteiger partial charge in [0, 0.05) is 6.54 Å². The van der Waals surface area contributed by atoms with Crippen LogP contribution in [-0.4, -0.2) is 30.8 Å². The lowest BCUT2D eigenvalue weighted by molar-refractivity contribution is 0.143. The first kappa shape index (κ1) is 13.4. The van der Waals surface area contributed by atoms with E-state index in [1.54, 1.807) is 0 Å². The lowest BCUT2D eigenvalue weighted by atomic mass is 9.75. The van der Waals surface area contributed by atoms with E-state index in [1.165, 1.54) is 58.0 Å². The van der Waals surface area contributed by atoms with Crippen LogP contribution in [0.25, 0.3) is 0 Å². The standard InChI is InChI=1S/C13H27NS/c1-3-4-10-14(2)11-13(12-15)8-6-5-7-9-13/h15H,3-12H2,1-2H3. The van der Waals surface area contributed by atoms with Crippen LogP contribution in [0.15, 0.2) is 0 Å². The van der Waals surface area contributed by atoms with Gasteiger partial charge in [0.15, 0.2) is 0 Å². The quantitative estimate of drug-likeness (QED) is 0.681. The van der Waals surface area contributed by atoms with E-state index in [2.05, 4.69) is 31.5 Å². The van der Waals surface area contributed by atoms with Gasteiger partial charge in [-0.1, -0.05) is 32.6 Å². The lowest BCUT2D eigenvalue weighted by Crippen LogP contribution is -2.39. The van der Waals surface area contributed by atoms with E-state index in [0.29, 0.717) is 5.41 Å². The van der Waals surface area contributed by atoms with Crippen molar-refractivity contribution < 1.29 is 0 Å². The second-order valence-corrected chi connectivity index (χ2v) is 5.63. The number of thiol groups is 1. The van der Waals surface area contributed by atoms with E-state index in [9.17, 15) is 0 Å². The fourth-order valence-corrected chi connectivity index (χ4v) is 3.16. The molecule has 0 aliphatic heterocycles. The predicted molar refractivity (Wildman–Crippen MR) is 71.8 cm³/mol. The van der Waals surface area contributed by atoms with E-state index in [-0.39, 0.29) is 0 Å². The van der Waals surface area contributed by atoms with Crippen molar-refractivity contribution in [2.75, 3.05) is 25.9 Å². The molecule has 0 radical (unpaired) electrons. The first-order chi connectivity index (χ1) is 7.22. The maximum Gasteiger partial charge on any atom is 0.00427 e. The Balaban J connectivity index is 2.37. The SMILES string of the molecule is CCCCN(C)CC1(CS)CCCCC1. The van der Waals surface area contributed by atoms with Crippen LogP contribution < -0.4 is 0 Å². The topological polar surface area (TPSA) is 3.24 Å². The van der Waals surface area contributed by atoms with Crippen molar-refractivity contribution in [3.63, 3.8) is 0 Å². The van der Waals surface area contributed by atoms with E-state index >= 15 is 0 Å². The van der Waals surface area contributed by atoms with E-state index in [0.717, 1.165) is 5.75 Å². The van der Waals surface area contributed by atoms with Crippen LogP contribution in [0.5, 0.6) is 0 Å². The van der Waals surface area contributed by atoms with Crippen molar-refractivity contribution >= 4 is 12.6 Å². The van der Waals surface area contributed by atoms with Gasteiger partial charge in [-0.3, -0.25) is 0 Å². The first-order valence-corrected chi connectivity index (χ1v) is 7.15. The molecule has 0 saturated heterocycles. The Morgan fingerprint density at radius 1 is 1.20 bits per heavy atom. The number of hydrogen-bond donors (Lipinski definition) is 1. The second-order valence-electron chi connectivity index (χ2n) is 5.31. The van der Waals surface area contributed by atoms with Crippen molar-refractivity contribution in [2.24, 2.45) is 5.41 Å². The highest BCUT2D eigenvalue weighted by Crippen LogP contribution is 2.37. The Morgan fingerprint density at radius 3 is 2.40 bits per heavy atom. The summed E-state index contributed by atoms with van der Waals surface area (Å²) in [6.07, 6.45) is 9.70. The molecule has 0 N–H and O–H groups in total. The third-order valence-corrected chi connectivity index (χ3v) is 4.42. The highest BCUT2D eigenvalue weighted by Gasteiger charge is 2.31. The number of unbranched alkanes of at least 4 members (excludes halogenated alkanes) is 1. The molecule has 0 amide bonds. The van der Waals surface area contributed by atoms with E-state index in [4.69, 9.17) is 0 Å². The predicted octanol–water partition coefficient (Wildman–Crippen LogP) is 3.60. The molecule has 0 unspecified atom stereocenters. The summed E-state index contributed by atoms with van der Waals surface area (Å²) in [5, 5.41) is 0. The summed E-state index contributed by atoms with van der Waals surface area (Å²) in [7, 11) is 2.27. The van der Waals surface area contributed by atoms with Crippen LogP contribution in [0.1, 0.15) is 51.9 Å². The highest BCUT2D eigenvalue weighted by atomic mass is 32.1. The summed E-state index contributed by atoms with van der Waals surface area (Å²) in [6, 6.07) is 0. The lowest BCUT2D eigenvalue weighted by Gasteiger charge is -2.39. The van der Waals surface area contributed by atoms with Crippen LogP contribution >= 0.6 is 12.6 Å². The van der Waals surface area contributed by atoms with E-state index < -0.39 is 0 Å². The smallest absolute Gasteiger partial charge is 0.00427 e. The Hall–Kier alpha value is 0.310. The molecule has 1 saturated carbocycles. The van der Waals surface area contributed by atoms with Crippen LogP contribution in [-0.2, 0) is 0 Å². The van der Waals surface area contributed by atoms with Gasteiger partial charge < -0.3 is 4.90 Å². The minimum atomic E-state index is 0.532. The largest absolute Gasteiger partial charge is 0.306 e. The molecule has 1 rings (SSSR count).